The first-order chi connectivity index (χ1) is 12.9. The number of fused-ring (bicyclic) bond motifs is 1. The molecule has 2 aromatic carbocycles. The van der Waals surface area contributed by atoms with E-state index >= 15 is 0 Å². The van der Waals surface area contributed by atoms with Crippen LogP contribution in [0.3, 0.4) is 0 Å². The number of rotatable bonds is 3. The fourth-order valence-corrected chi connectivity index (χ4v) is 4.72. The Morgan fingerprint density at radius 1 is 1.04 bits per heavy atom. The maximum absolute atomic E-state index is 13.3. The lowest BCUT2D eigenvalue weighted by molar-refractivity contribution is -0.120. The Morgan fingerprint density at radius 3 is 2.59 bits per heavy atom. The van der Waals surface area contributed by atoms with Crippen molar-refractivity contribution in [1.29, 1.82) is 0 Å². The molecule has 0 aliphatic carbocycles. The Morgan fingerprint density at radius 2 is 1.81 bits per heavy atom. The highest BCUT2D eigenvalue weighted by molar-refractivity contribution is 7.89. The van der Waals surface area contributed by atoms with Gasteiger partial charge in [-0.1, -0.05) is 12.1 Å². The fourth-order valence-electron chi connectivity index (χ4n) is 3.28. The first-order valence-electron chi connectivity index (χ1n) is 8.59. The normalized spacial score (nSPS) is 16.3. The van der Waals surface area contributed by atoms with Gasteiger partial charge in [-0.15, -0.1) is 0 Å². The van der Waals surface area contributed by atoms with E-state index in [0.29, 0.717) is 12.1 Å². The molecule has 8 heteroatoms. The van der Waals surface area contributed by atoms with Gasteiger partial charge >= 0.3 is 0 Å². The molecule has 0 spiro atoms. The van der Waals surface area contributed by atoms with Crippen LogP contribution in [-0.4, -0.2) is 43.2 Å². The Balaban J connectivity index is 1.64. The predicted molar refractivity (Wildman–Crippen MR) is 100 cm³/mol. The summed E-state index contributed by atoms with van der Waals surface area (Å²) in [6.07, 6.45) is 1.93. The standard InChI is InChI=1S/C19H18FN3O3S/c20-14-3-6-16-17(12-22-18(16)11-14)13-1-4-15(5-2-13)27(25,26)23-9-7-19(24)21-8-10-23/h1-6,11-12,22H,7-10H2,(H,21,24). The zero-order chi connectivity index (χ0) is 19.0. The van der Waals surface area contributed by atoms with Gasteiger partial charge in [-0.25, -0.2) is 12.8 Å². The van der Waals surface area contributed by atoms with E-state index in [4.69, 9.17) is 0 Å². The van der Waals surface area contributed by atoms with Crippen LogP contribution in [0.25, 0.3) is 22.0 Å². The number of carbonyl (C=O) groups excluding carboxylic acids is 1. The van der Waals surface area contributed by atoms with Gasteiger partial charge in [0.25, 0.3) is 0 Å². The van der Waals surface area contributed by atoms with Crippen LogP contribution >= 0.6 is 0 Å². The molecule has 1 fully saturated rings. The molecule has 3 aromatic rings. The minimum Gasteiger partial charge on any atom is -0.360 e. The van der Waals surface area contributed by atoms with Gasteiger partial charge in [0.2, 0.25) is 15.9 Å². The SMILES string of the molecule is O=C1CCN(S(=O)(=O)c2ccc(-c3c[nH]c4cc(F)ccc34)cc2)CCN1. The summed E-state index contributed by atoms with van der Waals surface area (Å²) in [5.74, 6) is -0.457. The highest BCUT2D eigenvalue weighted by atomic mass is 32.2. The Bertz CT molecular complexity index is 1110. The molecule has 0 bridgehead atoms. The smallest absolute Gasteiger partial charge is 0.243 e. The van der Waals surface area contributed by atoms with Crippen LogP contribution < -0.4 is 5.32 Å². The third-order valence-corrected chi connectivity index (χ3v) is 6.63. The highest BCUT2D eigenvalue weighted by Crippen LogP contribution is 2.30. The molecule has 2 heterocycles. The molecule has 1 aliphatic heterocycles. The summed E-state index contributed by atoms with van der Waals surface area (Å²) in [5.41, 5.74) is 2.39. The van der Waals surface area contributed by atoms with Gasteiger partial charge in [-0.05, 0) is 35.9 Å². The van der Waals surface area contributed by atoms with Gasteiger partial charge < -0.3 is 10.3 Å². The molecule has 0 radical (unpaired) electrons. The average molecular weight is 387 g/mol. The predicted octanol–water partition coefficient (Wildman–Crippen LogP) is 2.48. The van der Waals surface area contributed by atoms with E-state index < -0.39 is 10.0 Å². The third-order valence-electron chi connectivity index (χ3n) is 4.72. The number of hydrogen-bond donors (Lipinski definition) is 2. The second kappa shape index (κ2) is 6.79. The van der Waals surface area contributed by atoms with Crippen molar-refractivity contribution >= 4 is 26.8 Å². The minimum absolute atomic E-state index is 0.140. The van der Waals surface area contributed by atoms with E-state index in [9.17, 15) is 17.6 Å². The van der Waals surface area contributed by atoms with Crippen molar-refractivity contribution in [3.05, 3.63) is 54.5 Å². The van der Waals surface area contributed by atoms with Crippen molar-refractivity contribution in [1.82, 2.24) is 14.6 Å². The van der Waals surface area contributed by atoms with Crippen molar-refractivity contribution in [2.45, 2.75) is 11.3 Å². The monoisotopic (exact) mass is 387 g/mol. The molecule has 1 aromatic heterocycles. The molecular weight excluding hydrogens is 369 g/mol. The van der Waals surface area contributed by atoms with Crippen LogP contribution in [0.2, 0.25) is 0 Å². The maximum atomic E-state index is 13.3. The number of benzene rings is 2. The molecule has 0 atom stereocenters. The summed E-state index contributed by atoms with van der Waals surface area (Å²) >= 11 is 0. The Hall–Kier alpha value is -2.71. The van der Waals surface area contributed by atoms with Crippen molar-refractivity contribution in [3.8, 4) is 11.1 Å². The van der Waals surface area contributed by atoms with Gasteiger partial charge in [0.05, 0.1) is 4.90 Å². The molecule has 0 unspecified atom stereocenters. The Labute approximate surface area is 156 Å². The van der Waals surface area contributed by atoms with E-state index in [2.05, 4.69) is 10.3 Å². The number of aromatic amines is 1. The van der Waals surface area contributed by atoms with Crippen LogP contribution in [0, 0.1) is 5.82 Å². The van der Waals surface area contributed by atoms with Crippen molar-refractivity contribution in [3.63, 3.8) is 0 Å². The van der Waals surface area contributed by atoms with Gasteiger partial charge in [-0.2, -0.15) is 4.31 Å². The summed E-state index contributed by atoms with van der Waals surface area (Å²) in [7, 11) is -3.66. The Kier molecular flexibility index (Phi) is 4.45. The first-order valence-corrected chi connectivity index (χ1v) is 10.0. The topological polar surface area (TPSA) is 82.3 Å². The van der Waals surface area contributed by atoms with Gasteiger partial charge in [0.15, 0.2) is 0 Å². The molecular formula is C19H18FN3O3S. The number of aromatic nitrogens is 1. The number of amides is 1. The number of hydrogen-bond acceptors (Lipinski definition) is 3. The van der Waals surface area contributed by atoms with E-state index in [1.54, 1.807) is 36.5 Å². The zero-order valence-electron chi connectivity index (χ0n) is 14.4. The summed E-state index contributed by atoms with van der Waals surface area (Å²) in [4.78, 5) is 14.7. The van der Waals surface area contributed by atoms with Crippen LogP contribution in [0.4, 0.5) is 4.39 Å². The second-order valence-electron chi connectivity index (χ2n) is 6.42. The number of nitrogens with one attached hydrogen (secondary N) is 2. The van der Waals surface area contributed by atoms with Crippen LogP contribution in [0.1, 0.15) is 6.42 Å². The van der Waals surface area contributed by atoms with Gasteiger partial charge in [0, 0.05) is 48.7 Å². The molecule has 1 saturated heterocycles. The third kappa shape index (κ3) is 3.33. The molecule has 1 amide bonds. The largest absolute Gasteiger partial charge is 0.360 e. The molecule has 6 nitrogen and oxygen atoms in total. The second-order valence-corrected chi connectivity index (χ2v) is 8.36. The summed E-state index contributed by atoms with van der Waals surface area (Å²) in [6, 6.07) is 11.1. The quantitative estimate of drug-likeness (QED) is 0.724. The number of sulfonamides is 1. The van der Waals surface area contributed by atoms with Gasteiger partial charge in [0.1, 0.15) is 5.82 Å². The average Bonchev–Trinajstić information content (AvgIpc) is 2.94. The van der Waals surface area contributed by atoms with Crippen LogP contribution in [-0.2, 0) is 14.8 Å². The fraction of sp³-hybridized carbons (Fsp3) is 0.211. The van der Waals surface area contributed by atoms with E-state index in [1.165, 1.54) is 16.4 Å². The zero-order valence-corrected chi connectivity index (χ0v) is 15.2. The lowest BCUT2D eigenvalue weighted by Gasteiger charge is -2.19. The molecule has 27 heavy (non-hydrogen) atoms. The first kappa shape index (κ1) is 17.7. The maximum Gasteiger partial charge on any atom is 0.243 e. The van der Waals surface area contributed by atoms with Gasteiger partial charge in [-0.3, -0.25) is 4.79 Å². The molecule has 0 saturated carbocycles. The molecule has 140 valence electrons. The van der Waals surface area contributed by atoms with Crippen molar-refractivity contribution < 1.29 is 17.6 Å². The molecule has 1 aliphatic rings. The van der Waals surface area contributed by atoms with E-state index in [0.717, 1.165) is 16.5 Å². The lowest BCUT2D eigenvalue weighted by atomic mass is 10.1. The number of carbonyl (C=O) groups is 1. The lowest BCUT2D eigenvalue weighted by Crippen LogP contribution is -2.34. The van der Waals surface area contributed by atoms with E-state index in [-0.39, 0.29) is 36.1 Å². The van der Waals surface area contributed by atoms with Crippen molar-refractivity contribution in [2.24, 2.45) is 0 Å². The number of halogens is 1. The summed E-state index contributed by atoms with van der Waals surface area (Å²) < 4.78 is 40.3. The number of nitrogens with zero attached hydrogens (tertiary/aromatic N) is 1. The number of H-pyrrole nitrogens is 1. The molecule has 4 rings (SSSR count). The van der Waals surface area contributed by atoms with E-state index in [1.807, 2.05) is 0 Å². The van der Waals surface area contributed by atoms with Crippen LogP contribution in [0.5, 0.6) is 0 Å². The van der Waals surface area contributed by atoms with Crippen LogP contribution in [0.15, 0.2) is 53.6 Å². The molecule has 2 N–H and O–H groups in total. The summed E-state index contributed by atoms with van der Waals surface area (Å²) in [6.45, 7) is 0.732. The van der Waals surface area contributed by atoms with Crippen molar-refractivity contribution in [2.75, 3.05) is 19.6 Å². The highest BCUT2D eigenvalue weighted by Gasteiger charge is 2.26. The summed E-state index contributed by atoms with van der Waals surface area (Å²) in [5, 5.41) is 3.54. The minimum atomic E-state index is -3.66.